The molecule has 0 unspecified atom stereocenters. The Kier molecular flexibility index (Phi) is 4.93. The number of fused-ring (bicyclic) bond motifs is 1. The average Bonchev–Trinajstić information content (AvgIpc) is 2.63. The molecule has 0 amide bonds. The fraction of sp³-hybridized carbons (Fsp3) is 0.200. The molecule has 0 aliphatic heterocycles. The third kappa shape index (κ3) is 3.13. The van der Waals surface area contributed by atoms with Gasteiger partial charge in [0, 0.05) is 22.6 Å². The second kappa shape index (κ2) is 7.31. The molecule has 0 aliphatic carbocycles. The third-order valence-corrected chi connectivity index (χ3v) is 3.87. The van der Waals surface area contributed by atoms with Gasteiger partial charge in [0.05, 0.1) is 18.6 Å². The Morgan fingerprint density at radius 3 is 2.38 bits per heavy atom. The molecule has 1 aromatic heterocycles. The molecule has 134 valence electrons. The maximum absolute atomic E-state index is 12.2. The Bertz CT molecular complexity index is 1020. The van der Waals surface area contributed by atoms with Crippen LogP contribution in [0.3, 0.4) is 0 Å². The van der Waals surface area contributed by atoms with Crippen molar-refractivity contribution in [2.45, 2.75) is 13.8 Å². The van der Waals surface area contributed by atoms with E-state index in [0.29, 0.717) is 46.6 Å². The number of rotatable bonds is 6. The highest BCUT2D eigenvalue weighted by molar-refractivity contribution is 6.05. The summed E-state index contributed by atoms with van der Waals surface area (Å²) in [6.45, 7) is 4.59. The zero-order chi connectivity index (χ0) is 18.7. The Balaban J connectivity index is 2.37. The van der Waals surface area contributed by atoms with Crippen molar-refractivity contribution in [1.29, 1.82) is 0 Å². The first kappa shape index (κ1) is 17.5. The molecule has 0 aliphatic rings. The Morgan fingerprint density at radius 2 is 1.73 bits per heavy atom. The van der Waals surface area contributed by atoms with Crippen LogP contribution in [0, 0.1) is 0 Å². The predicted molar refractivity (Wildman–Crippen MR) is 97.2 cm³/mol. The van der Waals surface area contributed by atoms with Gasteiger partial charge < -0.3 is 19.0 Å². The fourth-order valence-electron chi connectivity index (χ4n) is 2.86. The van der Waals surface area contributed by atoms with Crippen molar-refractivity contribution in [2.75, 3.05) is 13.2 Å². The van der Waals surface area contributed by atoms with E-state index in [1.165, 1.54) is 0 Å². The number of hydrogen-bond acceptors (Lipinski definition) is 5. The van der Waals surface area contributed by atoms with Crippen molar-refractivity contribution in [3.63, 3.8) is 0 Å². The van der Waals surface area contributed by atoms with Gasteiger partial charge in [0.25, 0.3) is 0 Å². The molecule has 2 aromatic carbocycles. The van der Waals surface area contributed by atoms with E-state index in [1.54, 1.807) is 42.5 Å². The Hall–Kier alpha value is -3.28. The van der Waals surface area contributed by atoms with E-state index in [2.05, 4.69) is 0 Å². The van der Waals surface area contributed by atoms with Gasteiger partial charge in [-0.05, 0) is 32.0 Å². The summed E-state index contributed by atoms with van der Waals surface area (Å²) in [7, 11) is 0. The third-order valence-electron chi connectivity index (χ3n) is 3.87. The van der Waals surface area contributed by atoms with Crippen LogP contribution in [-0.4, -0.2) is 24.3 Å². The molecule has 1 heterocycles. The summed E-state index contributed by atoms with van der Waals surface area (Å²) in [6.07, 6.45) is 0. The maximum atomic E-state index is 12.2. The number of carboxylic acids is 1. The highest BCUT2D eigenvalue weighted by Gasteiger charge is 2.23. The lowest BCUT2D eigenvalue weighted by Gasteiger charge is -2.15. The molecule has 0 fully saturated rings. The largest absolute Gasteiger partial charge is 0.494 e. The highest BCUT2D eigenvalue weighted by atomic mass is 16.5. The first-order valence-corrected chi connectivity index (χ1v) is 8.26. The quantitative estimate of drug-likeness (QED) is 0.721. The number of aromatic carboxylic acids is 1. The van der Waals surface area contributed by atoms with Crippen molar-refractivity contribution in [1.82, 2.24) is 0 Å². The van der Waals surface area contributed by atoms with Crippen molar-refractivity contribution in [3.05, 3.63) is 58.6 Å². The lowest BCUT2D eigenvalue weighted by Crippen LogP contribution is -2.10. The second-order valence-electron chi connectivity index (χ2n) is 5.47. The normalized spacial score (nSPS) is 10.7. The second-order valence-corrected chi connectivity index (χ2v) is 5.47. The minimum Gasteiger partial charge on any atom is -0.494 e. The molecule has 6 nitrogen and oxygen atoms in total. The first-order valence-electron chi connectivity index (χ1n) is 8.26. The predicted octanol–water partition coefficient (Wildman–Crippen LogP) is 3.96. The SMILES string of the molecule is CCOc1ccc(-c2c(C(=O)O)oc(=O)c3ccccc23)c(OCC)c1. The molecule has 0 bridgehead atoms. The van der Waals surface area contributed by atoms with Gasteiger partial charge in [0.15, 0.2) is 0 Å². The Morgan fingerprint density at radius 1 is 1.04 bits per heavy atom. The van der Waals surface area contributed by atoms with Gasteiger partial charge in [-0.15, -0.1) is 0 Å². The lowest BCUT2D eigenvalue weighted by molar-refractivity contribution is 0.0659. The molecule has 0 saturated carbocycles. The summed E-state index contributed by atoms with van der Waals surface area (Å²) in [5, 5.41) is 10.4. The van der Waals surface area contributed by atoms with Gasteiger partial charge >= 0.3 is 11.6 Å². The summed E-state index contributed by atoms with van der Waals surface area (Å²) >= 11 is 0. The molecule has 0 atom stereocenters. The van der Waals surface area contributed by atoms with Crippen molar-refractivity contribution >= 4 is 16.7 Å². The molecule has 0 saturated heterocycles. The smallest absolute Gasteiger partial charge is 0.372 e. The molecule has 0 radical (unpaired) electrons. The van der Waals surface area contributed by atoms with Crippen LogP contribution >= 0.6 is 0 Å². The van der Waals surface area contributed by atoms with Gasteiger partial charge in [-0.3, -0.25) is 0 Å². The van der Waals surface area contributed by atoms with Crippen molar-refractivity contribution in [2.24, 2.45) is 0 Å². The minimum absolute atomic E-state index is 0.305. The van der Waals surface area contributed by atoms with Crippen LogP contribution in [0.5, 0.6) is 11.5 Å². The number of benzene rings is 2. The van der Waals surface area contributed by atoms with Crippen LogP contribution in [0.1, 0.15) is 24.4 Å². The molecule has 6 heteroatoms. The summed E-state index contributed by atoms with van der Waals surface area (Å²) in [5.74, 6) is -0.670. The summed E-state index contributed by atoms with van der Waals surface area (Å²) < 4.78 is 16.3. The first-order chi connectivity index (χ1) is 12.6. The molecule has 3 aromatic rings. The van der Waals surface area contributed by atoms with E-state index in [1.807, 2.05) is 13.8 Å². The van der Waals surface area contributed by atoms with E-state index < -0.39 is 17.4 Å². The minimum atomic E-state index is -1.32. The van der Waals surface area contributed by atoms with Crippen LogP contribution in [0.2, 0.25) is 0 Å². The van der Waals surface area contributed by atoms with E-state index in [4.69, 9.17) is 13.9 Å². The number of carboxylic acid groups (broad SMARTS) is 1. The number of hydrogen-bond donors (Lipinski definition) is 1. The number of ether oxygens (including phenoxy) is 2. The van der Waals surface area contributed by atoms with Crippen molar-refractivity contribution in [3.8, 4) is 22.6 Å². The van der Waals surface area contributed by atoms with E-state index in [-0.39, 0.29) is 0 Å². The topological polar surface area (TPSA) is 86.0 Å². The Labute approximate surface area is 149 Å². The van der Waals surface area contributed by atoms with E-state index >= 15 is 0 Å². The van der Waals surface area contributed by atoms with Gasteiger partial charge in [-0.1, -0.05) is 18.2 Å². The highest BCUT2D eigenvalue weighted by Crippen LogP contribution is 2.39. The molecular formula is C20H18O6. The average molecular weight is 354 g/mol. The molecular weight excluding hydrogens is 336 g/mol. The van der Waals surface area contributed by atoms with Gasteiger partial charge in [0.2, 0.25) is 5.76 Å². The lowest BCUT2D eigenvalue weighted by atomic mass is 9.97. The molecule has 26 heavy (non-hydrogen) atoms. The van der Waals surface area contributed by atoms with Crippen LogP contribution in [0.25, 0.3) is 21.9 Å². The maximum Gasteiger partial charge on any atom is 0.372 e. The van der Waals surface area contributed by atoms with E-state index in [9.17, 15) is 14.7 Å². The zero-order valence-electron chi connectivity index (χ0n) is 14.4. The molecule has 0 spiro atoms. The summed E-state index contributed by atoms with van der Waals surface area (Å²) in [4.78, 5) is 23.9. The standard InChI is InChI=1S/C20H18O6/c1-3-24-12-9-10-15(16(11-12)25-4-2)17-13-7-5-6-8-14(13)20(23)26-18(17)19(21)22/h5-11H,3-4H2,1-2H3,(H,21,22). The zero-order valence-corrected chi connectivity index (χ0v) is 14.4. The van der Waals surface area contributed by atoms with Gasteiger partial charge in [0.1, 0.15) is 11.5 Å². The van der Waals surface area contributed by atoms with Crippen molar-refractivity contribution < 1.29 is 23.8 Å². The molecule has 3 rings (SSSR count). The van der Waals surface area contributed by atoms with E-state index in [0.717, 1.165) is 0 Å². The van der Waals surface area contributed by atoms with Gasteiger partial charge in [-0.2, -0.15) is 0 Å². The van der Waals surface area contributed by atoms with Crippen LogP contribution in [-0.2, 0) is 0 Å². The summed E-state index contributed by atoms with van der Waals surface area (Å²) in [5.41, 5.74) is 0.137. The van der Waals surface area contributed by atoms with Gasteiger partial charge in [-0.25, -0.2) is 9.59 Å². The molecule has 1 N–H and O–H groups in total. The van der Waals surface area contributed by atoms with Crippen LogP contribution < -0.4 is 15.1 Å². The summed E-state index contributed by atoms with van der Waals surface area (Å²) in [6, 6.07) is 11.9. The fourth-order valence-corrected chi connectivity index (χ4v) is 2.86. The monoisotopic (exact) mass is 354 g/mol. The van der Waals surface area contributed by atoms with Crippen LogP contribution in [0.4, 0.5) is 0 Å². The number of carbonyl (C=O) groups is 1. The van der Waals surface area contributed by atoms with Crippen LogP contribution in [0.15, 0.2) is 51.7 Å².